The lowest BCUT2D eigenvalue weighted by molar-refractivity contribution is -0.126. The van der Waals surface area contributed by atoms with E-state index in [4.69, 9.17) is 0 Å². The van der Waals surface area contributed by atoms with Crippen LogP contribution in [0.3, 0.4) is 0 Å². The Hall–Kier alpha value is -0.570. The average Bonchev–Trinajstić information content (AvgIpc) is 2.23. The standard InChI is InChI=1S/C13H26N2O/c1-4-5-6-9-15-12(16)11-13(2,3)8-7-10-14-11/h11,14H,4-10H2,1-3H3,(H,15,16). The molecule has 1 atom stereocenters. The van der Waals surface area contributed by atoms with Crippen molar-refractivity contribution in [2.75, 3.05) is 13.1 Å². The second-order valence-electron chi connectivity index (χ2n) is 5.48. The first kappa shape index (κ1) is 13.5. The summed E-state index contributed by atoms with van der Waals surface area (Å²) in [7, 11) is 0. The van der Waals surface area contributed by atoms with Crippen LogP contribution in [0.15, 0.2) is 0 Å². The Kier molecular flexibility index (Phi) is 5.26. The van der Waals surface area contributed by atoms with Gasteiger partial charge in [0.1, 0.15) is 0 Å². The monoisotopic (exact) mass is 226 g/mol. The Bertz CT molecular complexity index is 226. The van der Waals surface area contributed by atoms with E-state index >= 15 is 0 Å². The summed E-state index contributed by atoms with van der Waals surface area (Å²) in [5, 5.41) is 6.38. The van der Waals surface area contributed by atoms with Crippen molar-refractivity contribution < 1.29 is 4.79 Å². The van der Waals surface area contributed by atoms with Gasteiger partial charge in [-0.05, 0) is 31.2 Å². The van der Waals surface area contributed by atoms with Crippen LogP contribution in [-0.4, -0.2) is 25.0 Å². The van der Waals surface area contributed by atoms with Crippen molar-refractivity contribution in [2.24, 2.45) is 5.41 Å². The van der Waals surface area contributed by atoms with Gasteiger partial charge >= 0.3 is 0 Å². The number of carbonyl (C=O) groups is 1. The zero-order chi connectivity index (χ0) is 12.0. The molecule has 1 saturated heterocycles. The molecule has 0 radical (unpaired) electrons. The molecule has 2 N–H and O–H groups in total. The van der Waals surface area contributed by atoms with Crippen molar-refractivity contribution in [3.05, 3.63) is 0 Å². The van der Waals surface area contributed by atoms with E-state index in [-0.39, 0.29) is 17.4 Å². The third kappa shape index (κ3) is 3.78. The Morgan fingerprint density at radius 1 is 1.44 bits per heavy atom. The van der Waals surface area contributed by atoms with Crippen LogP contribution in [-0.2, 0) is 4.79 Å². The van der Waals surface area contributed by atoms with Crippen LogP contribution in [0, 0.1) is 5.41 Å². The molecule has 1 heterocycles. The molecule has 0 aromatic carbocycles. The van der Waals surface area contributed by atoms with E-state index in [0.717, 1.165) is 25.9 Å². The maximum Gasteiger partial charge on any atom is 0.237 e. The molecule has 3 heteroatoms. The van der Waals surface area contributed by atoms with E-state index < -0.39 is 0 Å². The highest BCUT2D eigenvalue weighted by Gasteiger charge is 2.36. The molecule has 0 spiro atoms. The molecule has 1 unspecified atom stereocenters. The third-order valence-corrected chi connectivity index (χ3v) is 3.47. The van der Waals surface area contributed by atoms with Gasteiger partial charge in [0.15, 0.2) is 0 Å². The lowest BCUT2D eigenvalue weighted by Crippen LogP contribution is -2.55. The quantitative estimate of drug-likeness (QED) is 0.705. The molecule has 94 valence electrons. The van der Waals surface area contributed by atoms with Crippen LogP contribution in [0.4, 0.5) is 0 Å². The first-order chi connectivity index (χ1) is 7.58. The highest BCUT2D eigenvalue weighted by Crippen LogP contribution is 2.29. The minimum atomic E-state index is -0.0112. The molecule has 16 heavy (non-hydrogen) atoms. The van der Waals surface area contributed by atoms with Crippen LogP contribution in [0.25, 0.3) is 0 Å². The number of amides is 1. The van der Waals surface area contributed by atoms with Crippen LogP contribution < -0.4 is 10.6 Å². The Morgan fingerprint density at radius 3 is 2.81 bits per heavy atom. The highest BCUT2D eigenvalue weighted by atomic mass is 16.2. The summed E-state index contributed by atoms with van der Waals surface area (Å²) in [5.41, 5.74) is 0.0904. The zero-order valence-electron chi connectivity index (χ0n) is 10.9. The SMILES string of the molecule is CCCCCNC(=O)C1NCCCC1(C)C. The predicted molar refractivity (Wildman–Crippen MR) is 67.3 cm³/mol. The van der Waals surface area contributed by atoms with Crippen LogP contribution in [0.5, 0.6) is 0 Å². The maximum absolute atomic E-state index is 12.0. The number of rotatable bonds is 5. The molecular weight excluding hydrogens is 200 g/mol. The molecule has 1 amide bonds. The largest absolute Gasteiger partial charge is 0.355 e. The minimum Gasteiger partial charge on any atom is -0.355 e. The van der Waals surface area contributed by atoms with E-state index in [0.29, 0.717) is 0 Å². The van der Waals surface area contributed by atoms with Gasteiger partial charge in [-0.15, -0.1) is 0 Å². The van der Waals surface area contributed by atoms with Gasteiger partial charge in [0.2, 0.25) is 5.91 Å². The van der Waals surface area contributed by atoms with Crippen molar-refractivity contribution in [3.63, 3.8) is 0 Å². The molecular formula is C13H26N2O. The number of hydrogen-bond donors (Lipinski definition) is 2. The van der Waals surface area contributed by atoms with Crippen molar-refractivity contribution in [2.45, 2.75) is 58.9 Å². The van der Waals surface area contributed by atoms with E-state index in [1.807, 2.05) is 0 Å². The zero-order valence-corrected chi connectivity index (χ0v) is 10.9. The van der Waals surface area contributed by atoms with Crippen LogP contribution in [0.1, 0.15) is 52.9 Å². The summed E-state index contributed by atoms with van der Waals surface area (Å²) >= 11 is 0. The summed E-state index contributed by atoms with van der Waals surface area (Å²) in [6.45, 7) is 8.32. The van der Waals surface area contributed by atoms with E-state index in [1.165, 1.54) is 19.3 Å². The van der Waals surface area contributed by atoms with Crippen molar-refractivity contribution >= 4 is 5.91 Å². The smallest absolute Gasteiger partial charge is 0.237 e. The predicted octanol–water partition coefficient (Wildman–Crippen LogP) is 2.07. The Balaban J connectivity index is 2.34. The third-order valence-electron chi connectivity index (χ3n) is 3.47. The summed E-state index contributed by atoms with van der Waals surface area (Å²) in [6, 6.07) is -0.0112. The molecule has 1 aliphatic heterocycles. The second-order valence-corrected chi connectivity index (χ2v) is 5.48. The van der Waals surface area contributed by atoms with Gasteiger partial charge in [0, 0.05) is 6.54 Å². The minimum absolute atomic E-state index is 0.0112. The van der Waals surface area contributed by atoms with Gasteiger partial charge < -0.3 is 10.6 Å². The van der Waals surface area contributed by atoms with E-state index in [1.54, 1.807) is 0 Å². The fraction of sp³-hybridized carbons (Fsp3) is 0.923. The van der Waals surface area contributed by atoms with Gasteiger partial charge in [-0.1, -0.05) is 33.6 Å². The van der Waals surface area contributed by atoms with Crippen molar-refractivity contribution in [1.29, 1.82) is 0 Å². The highest BCUT2D eigenvalue weighted by molar-refractivity contribution is 5.82. The van der Waals surface area contributed by atoms with Crippen molar-refractivity contribution in [1.82, 2.24) is 10.6 Å². The summed E-state index contributed by atoms with van der Waals surface area (Å²) in [5.74, 6) is 0.181. The molecule has 3 nitrogen and oxygen atoms in total. The first-order valence-electron chi connectivity index (χ1n) is 6.59. The van der Waals surface area contributed by atoms with Crippen LogP contribution >= 0.6 is 0 Å². The fourth-order valence-corrected chi connectivity index (χ4v) is 2.35. The number of hydrogen-bond acceptors (Lipinski definition) is 2. The lowest BCUT2D eigenvalue weighted by atomic mass is 9.77. The second kappa shape index (κ2) is 6.24. The Labute approximate surface area is 99.4 Å². The number of piperidine rings is 1. The summed E-state index contributed by atoms with van der Waals surface area (Å²) in [4.78, 5) is 12.0. The fourth-order valence-electron chi connectivity index (χ4n) is 2.35. The van der Waals surface area contributed by atoms with E-state index in [9.17, 15) is 4.79 Å². The summed E-state index contributed by atoms with van der Waals surface area (Å²) in [6.07, 6.45) is 5.79. The van der Waals surface area contributed by atoms with Gasteiger partial charge in [-0.2, -0.15) is 0 Å². The maximum atomic E-state index is 12.0. The molecule has 0 aromatic rings. The molecule has 1 rings (SSSR count). The molecule has 0 saturated carbocycles. The lowest BCUT2D eigenvalue weighted by Gasteiger charge is -2.38. The molecule has 1 aliphatic rings. The number of unbranched alkanes of at least 4 members (excludes halogenated alkanes) is 2. The molecule has 0 bridgehead atoms. The summed E-state index contributed by atoms with van der Waals surface area (Å²) < 4.78 is 0. The molecule has 1 fully saturated rings. The van der Waals surface area contributed by atoms with Gasteiger partial charge in [0.25, 0.3) is 0 Å². The van der Waals surface area contributed by atoms with E-state index in [2.05, 4.69) is 31.4 Å². The average molecular weight is 226 g/mol. The first-order valence-corrected chi connectivity index (χ1v) is 6.59. The van der Waals surface area contributed by atoms with Gasteiger partial charge in [0.05, 0.1) is 6.04 Å². The molecule has 0 aliphatic carbocycles. The molecule has 0 aromatic heterocycles. The van der Waals surface area contributed by atoms with Crippen LogP contribution in [0.2, 0.25) is 0 Å². The van der Waals surface area contributed by atoms with Crippen molar-refractivity contribution in [3.8, 4) is 0 Å². The normalized spacial score (nSPS) is 24.1. The number of carbonyl (C=O) groups excluding carboxylic acids is 1. The number of nitrogens with one attached hydrogen (secondary N) is 2. The van der Waals surface area contributed by atoms with Gasteiger partial charge in [-0.3, -0.25) is 4.79 Å². The van der Waals surface area contributed by atoms with Gasteiger partial charge in [-0.25, -0.2) is 0 Å². The Morgan fingerprint density at radius 2 is 2.19 bits per heavy atom. The topological polar surface area (TPSA) is 41.1 Å².